The number of nitrogens with zero attached hydrogens (tertiary/aromatic N) is 1. The molecule has 0 aliphatic carbocycles. The topological polar surface area (TPSA) is 60.0 Å². The van der Waals surface area contributed by atoms with E-state index in [-0.39, 0.29) is 11.5 Å². The summed E-state index contributed by atoms with van der Waals surface area (Å²) in [5.74, 6) is 2.78. The van der Waals surface area contributed by atoms with Crippen LogP contribution in [0.25, 0.3) is 0 Å². The summed E-state index contributed by atoms with van der Waals surface area (Å²) in [6, 6.07) is 7.72. The molecule has 6 nitrogen and oxygen atoms in total. The van der Waals surface area contributed by atoms with Gasteiger partial charge in [-0.2, -0.15) is 0 Å². The smallest absolute Gasteiger partial charge is 0.216 e. The summed E-state index contributed by atoms with van der Waals surface area (Å²) in [6.07, 6.45) is 3.63. The van der Waals surface area contributed by atoms with Crippen LogP contribution in [-0.2, 0) is 9.53 Å². The third-order valence-electron chi connectivity index (χ3n) is 6.39. The van der Waals surface area contributed by atoms with Crippen LogP contribution in [0.1, 0.15) is 26.2 Å². The normalized spacial score (nSPS) is 31.7. The van der Waals surface area contributed by atoms with E-state index in [9.17, 15) is 4.79 Å². The van der Waals surface area contributed by atoms with Crippen molar-refractivity contribution < 1.29 is 19.0 Å². The highest BCUT2D eigenvalue weighted by Gasteiger charge is 2.62. The van der Waals surface area contributed by atoms with E-state index in [0.717, 1.165) is 56.9 Å². The van der Waals surface area contributed by atoms with Crippen molar-refractivity contribution in [3.05, 3.63) is 24.3 Å². The molecule has 4 rings (SSSR count). The SMILES string of the molecule is COc1ccc(OCCCN2C[C@@H]3[C@H](CNC(C)=O)[C@H]4CC[C@]3(C2)O4)cc1. The second kappa shape index (κ2) is 7.68. The average molecular weight is 374 g/mol. The lowest BCUT2D eigenvalue weighted by atomic mass is 9.73. The van der Waals surface area contributed by atoms with Crippen molar-refractivity contribution in [1.82, 2.24) is 10.2 Å². The van der Waals surface area contributed by atoms with Gasteiger partial charge in [-0.1, -0.05) is 0 Å². The zero-order valence-corrected chi connectivity index (χ0v) is 16.3. The fourth-order valence-electron chi connectivity index (χ4n) is 5.14. The number of methoxy groups -OCH3 is 1. The Kier molecular flexibility index (Phi) is 5.28. The van der Waals surface area contributed by atoms with Gasteiger partial charge in [0.1, 0.15) is 11.5 Å². The zero-order valence-electron chi connectivity index (χ0n) is 16.3. The van der Waals surface area contributed by atoms with E-state index in [1.54, 1.807) is 14.0 Å². The van der Waals surface area contributed by atoms with E-state index < -0.39 is 0 Å². The van der Waals surface area contributed by atoms with Gasteiger partial charge in [-0.3, -0.25) is 9.69 Å². The molecule has 1 amide bonds. The van der Waals surface area contributed by atoms with Crippen molar-refractivity contribution in [1.29, 1.82) is 0 Å². The minimum atomic E-state index is 0.0324. The van der Waals surface area contributed by atoms with Gasteiger partial charge in [-0.25, -0.2) is 0 Å². The van der Waals surface area contributed by atoms with Gasteiger partial charge in [0, 0.05) is 44.9 Å². The molecule has 148 valence electrons. The Balaban J connectivity index is 1.24. The largest absolute Gasteiger partial charge is 0.497 e. The quantitative estimate of drug-likeness (QED) is 0.706. The van der Waals surface area contributed by atoms with Crippen molar-refractivity contribution >= 4 is 5.91 Å². The summed E-state index contributed by atoms with van der Waals surface area (Å²) < 4.78 is 17.4. The Labute approximate surface area is 161 Å². The molecule has 0 saturated carbocycles. The first-order valence-electron chi connectivity index (χ1n) is 10.0. The summed E-state index contributed by atoms with van der Waals surface area (Å²) in [5, 5.41) is 3.01. The standard InChI is InChI=1S/C21H30N2O4/c1-15(24)22-12-18-19-13-23(14-21(19)9-8-20(18)27-21)10-3-11-26-17-6-4-16(25-2)5-7-17/h4-7,18-20H,3,8-14H2,1-2H3,(H,22,24)/t18-,19+,20+,21+/m0/s1. The van der Waals surface area contributed by atoms with E-state index >= 15 is 0 Å². The molecule has 3 fully saturated rings. The molecule has 27 heavy (non-hydrogen) atoms. The van der Waals surface area contributed by atoms with Gasteiger partial charge >= 0.3 is 0 Å². The first-order chi connectivity index (χ1) is 13.1. The van der Waals surface area contributed by atoms with Crippen LogP contribution in [0.2, 0.25) is 0 Å². The second-order valence-corrected chi connectivity index (χ2v) is 8.08. The molecule has 1 N–H and O–H groups in total. The maximum Gasteiger partial charge on any atom is 0.216 e. The number of rotatable bonds is 8. The summed E-state index contributed by atoms with van der Waals surface area (Å²) >= 11 is 0. The molecule has 4 atom stereocenters. The number of ether oxygens (including phenoxy) is 3. The molecule has 1 aromatic rings. The van der Waals surface area contributed by atoms with Gasteiger partial charge in [0.2, 0.25) is 5.91 Å². The number of nitrogens with one attached hydrogen (secondary N) is 1. The molecule has 1 aromatic carbocycles. The Morgan fingerprint density at radius 3 is 2.85 bits per heavy atom. The predicted octanol–water partition coefficient (Wildman–Crippen LogP) is 2.08. The fourth-order valence-corrected chi connectivity index (χ4v) is 5.14. The van der Waals surface area contributed by atoms with Crippen LogP contribution in [0, 0.1) is 11.8 Å². The highest BCUT2D eigenvalue weighted by Crippen LogP contribution is 2.54. The summed E-state index contributed by atoms with van der Waals surface area (Å²) in [5.41, 5.74) is 0.0324. The first-order valence-corrected chi connectivity index (χ1v) is 10.0. The van der Waals surface area contributed by atoms with E-state index in [1.165, 1.54) is 0 Å². The molecule has 3 saturated heterocycles. The predicted molar refractivity (Wildman–Crippen MR) is 102 cm³/mol. The maximum atomic E-state index is 11.3. The number of amides is 1. The molecule has 0 unspecified atom stereocenters. The highest BCUT2D eigenvalue weighted by molar-refractivity contribution is 5.72. The number of likely N-dealkylation sites (tertiary alicyclic amines) is 1. The number of benzene rings is 1. The van der Waals surface area contributed by atoms with E-state index in [4.69, 9.17) is 14.2 Å². The van der Waals surface area contributed by atoms with Crippen LogP contribution in [0.3, 0.4) is 0 Å². The van der Waals surface area contributed by atoms with Crippen molar-refractivity contribution in [3.8, 4) is 11.5 Å². The van der Waals surface area contributed by atoms with Gasteiger partial charge in [-0.15, -0.1) is 0 Å². The van der Waals surface area contributed by atoms with Crippen molar-refractivity contribution in [2.24, 2.45) is 11.8 Å². The lowest BCUT2D eigenvalue weighted by Gasteiger charge is -2.29. The van der Waals surface area contributed by atoms with Crippen molar-refractivity contribution in [2.45, 2.75) is 37.9 Å². The molecule has 0 radical (unpaired) electrons. The Hall–Kier alpha value is -1.79. The van der Waals surface area contributed by atoms with Gasteiger partial charge in [0.15, 0.2) is 0 Å². The molecular weight excluding hydrogens is 344 g/mol. The van der Waals surface area contributed by atoms with Crippen LogP contribution in [0.15, 0.2) is 24.3 Å². The monoisotopic (exact) mass is 374 g/mol. The highest BCUT2D eigenvalue weighted by atomic mass is 16.5. The molecule has 1 spiro atoms. The van der Waals surface area contributed by atoms with Gasteiger partial charge in [0.05, 0.1) is 25.4 Å². The Bertz CT molecular complexity index is 665. The fraction of sp³-hybridized carbons (Fsp3) is 0.667. The second-order valence-electron chi connectivity index (χ2n) is 8.08. The van der Waals surface area contributed by atoms with Crippen molar-refractivity contribution in [3.63, 3.8) is 0 Å². The molecule has 3 aliphatic heterocycles. The summed E-state index contributed by atoms with van der Waals surface area (Å²) in [4.78, 5) is 13.8. The minimum Gasteiger partial charge on any atom is -0.497 e. The average Bonchev–Trinajstić information content (AvgIpc) is 3.32. The molecule has 0 aromatic heterocycles. The third-order valence-corrected chi connectivity index (χ3v) is 6.39. The van der Waals surface area contributed by atoms with Crippen molar-refractivity contribution in [2.75, 3.05) is 39.9 Å². The van der Waals surface area contributed by atoms with Crippen LogP contribution in [-0.4, -0.2) is 62.4 Å². The number of fused-ring (bicyclic) bond motifs is 1. The molecule has 2 bridgehead atoms. The van der Waals surface area contributed by atoms with E-state index in [0.29, 0.717) is 24.5 Å². The lowest BCUT2D eigenvalue weighted by molar-refractivity contribution is -0.119. The minimum absolute atomic E-state index is 0.0324. The number of carbonyl (C=O) groups is 1. The molecule has 6 heteroatoms. The Morgan fingerprint density at radius 2 is 2.11 bits per heavy atom. The van der Waals surface area contributed by atoms with Crippen LogP contribution in [0.5, 0.6) is 11.5 Å². The van der Waals surface area contributed by atoms with Gasteiger partial charge < -0.3 is 19.5 Å². The molecular formula is C21H30N2O4. The summed E-state index contributed by atoms with van der Waals surface area (Å²) in [7, 11) is 1.66. The number of hydrogen-bond donors (Lipinski definition) is 1. The van der Waals surface area contributed by atoms with Gasteiger partial charge in [-0.05, 0) is 43.5 Å². The van der Waals surface area contributed by atoms with Crippen LogP contribution >= 0.6 is 0 Å². The Morgan fingerprint density at radius 1 is 1.33 bits per heavy atom. The van der Waals surface area contributed by atoms with Crippen LogP contribution < -0.4 is 14.8 Å². The summed E-state index contributed by atoms with van der Waals surface area (Å²) in [6.45, 7) is 6.17. The van der Waals surface area contributed by atoms with Crippen LogP contribution in [0.4, 0.5) is 0 Å². The number of hydrogen-bond acceptors (Lipinski definition) is 5. The number of carbonyl (C=O) groups excluding carboxylic acids is 1. The van der Waals surface area contributed by atoms with E-state index in [1.807, 2.05) is 24.3 Å². The zero-order chi connectivity index (χ0) is 18.9. The van der Waals surface area contributed by atoms with E-state index in [2.05, 4.69) is 10.2 Å². The van der Waals surface area contributed by atoms with Gasteiger partial charge in [0.25, 0.3) is 0 Å². The lowest BCUT2D eigenvalue weighted by Crippen LogP contribution is -2.41. The molecule has 3 aliphatic rings. The third kappa shape index (κ3) is 3.78. The molecule has 3 heterocycles. The first kappa shape index (κ1) is 18.6. The maximum absolute atomic E-state index is 11.3.